The summed E-state index contributed by atoms with van der Waals surface area (Å²) in [7, 11) is 0. The van der Waals surface area contributed by atoms with Crippen LogP contribution in [-0.4, -0.2) is 24.0 Å². The molecule has 2 unspecified atom stereocenters. The van der Waals surface area contributed by atoms with E-state index in [-0.39, 0.29) is 5.91 Å². The SMILES string of the molecule is O=C(Cc1cccc(Cl)c1)NC1CC2CCC(C1)N2. The monoisotopic (exact) mass is 278 g/mol. The van der Waals surface area contributed by atoms with Gasteiger partial charge < -0.3 is 10.6 Å². The highest BCUT2D eigenvalue weighted by Crippen LogP contribution is 2.26. The maximum absolute atomic E-state index is 12.1. The first kappa shape index (κ1) is 12.9. The number of benzene rings is 1. The van der Waals surface area contributed by atoms with E-state index in [1.165, 1.54) is 12.8 Å². The number of nitrogens with one attached hydrogen (secondary N) is 2. The van der Waals surface area contributed by atoms with Crippen molar-refractivity contribution in [1.82, 2.24) is 10.6 Å². The molecule has 2 bridgehead atoms. The van der Waals surface area contributed by atoms with Crippen LogP contribution in [0, 0.1) is 0 Å². The summed E-state index contributed by atoms with van der Waals surface area (Å²) >= 11 is 5.93. The molecule has 4 heteroatoms. The Kier molecular flexibility index (Phi) is 3.76. The largest absolute Gasteiger partial charge is 0.353 e. The zero-order chi connectivity index (χ0) is 13.2. The number of hydrogen-bond donors (Lipinski definition) is 2. The van der Waals surface area contributed by atoms with E-state index >= 15 is 0 Å². The van der Waals surface area contributed by atoms with Crippen molar-refractivity contribution in [1.29, 1.82) is 0 Å². The lowest BCUT2D eigenvalue weighted by Gasteiger charge is -2.29. The first-order valence-corrected chi connectivity index (χ1v) is 7.37. The molecule has 2 aliphatic rings. The summed E-state index contributed by atoms with van der Waals surface area (Å²) in [6.45, 7) is 0. The van der Waals surface area contributed by atoms with Crippen LogP contribution in [0.4, 0.5) is 0 Å². The lowest BCUT2D eigenvalue weighted by molar-refractivity contribution is -0.121. The molecule has 0 radical (unpaired) electrons. The maximum Gasteiger partial charge on any atom is 0.224 e. The number of carbonyl (C=O) groups excluding carboxylic acids is 1. The third-order valence-electron chi connectivity index (χ3n) is 4.09. The molecule has 3 nitrogen and oxygen atoms in total. The van der Waals surface area contributed by atoms with Gasteiger partial charge in [0.05, 0.1) is 6.42 Å². The van der Waals surface area contributed by atoms with Crippen LogP contribution >= 0.6 is 11.6 Å². The minimum absolute atomic E-state index is 0.105. The van der Waals surface area contributed by atoms with Crippen LogP contribution in [0.2, 0.25) is 5.02 Å². The second kappa shape index (κ2) is 5.51. The van der Waals surface area contributed by atoms with Gasteiger partial charge in [0.15, 0.2) is 0 Å². The molecular formula is C15H19ClN2O. The Morgan fingerprint density at radius 2 is 2.05 bits per heavy atom. The first-order chi connectivity index (χ1) is 9.19. The molecular weight excluding hydrogens is 260 g/mol. The third kappa shape index (κ3) is 3.28. The highest BCUT2D eigenvalue weighted by molar-refractivity contribution is 6.30. The van der Waals surface area contributed by atoms with E-state index in [4.69, 9.17) is 11.6 Å². The first-order valence-electron chi connectivity index (χ1n) is 6.99. The normalized spacial score (nSPS) is 29.2. The van der Waals surface area contributed by atoms with Crippen LogP contribution in [-0.2, 0) is 11.2 Å². The van der Waals surface area contributed by atoms with E-state index in [0.29, 0.717) is 29.6 Å². The molecule has 2 atom stereocenters. The van der Waals surface area contributed by atoms with Gasteiger partial charge in [0.2, 0.25) is 5.91 Å². The van der Waals surface area contributed by atoms with E-state index in [1.54, 1.807) is 0 Å². The van der Waals surface area contributed by atoms with Gasteiger partial charge in [-0.05, 0) is 43.4 Å². The van der Waals surface area contributed by atoms with E-state index < -0.39 is 0 Å². The van der Waals surface area contributed by atoms with Crippen molar-refractivity contribution >= 4 is 17.5 Å². The van der Waals surface area contributed by atoms with Crippen LogP contribution in [0.3, 0.4) is 0 Å². The number of hydrogen-bond acceptors (Lipinski definition) is 2. The average molecular weight is 279 g/mol. The summed E-state index contributed by atoms with van der Waals surface area (Å²) < 4.78 is 0. The van der Waals surface area contributed by atoms with Gasteiger partial charge in [-0.1, -0.05) is 23.7 Å². The molecule has 1 aromatic carbocycles. The molecule has 3 rings (SSSR count). The molecule has 2 aliphatic heterocycles. The summed E-state index contributed by atoms with van der Waals surface area (Å²) in [5.41, 5.74) is 0.974. The summed E-state index contributed by atoms with van der Waals surface area (Å²) in [5.74, 6) is 0.105. The van der Waals surface area contributed by atoms with E-state index in [2.05, 4.69) is 10.6 Å². The molecule has 2 heterocycles. The molecule has 1 amide bonds. The van der Waals surface area contributed by atoms with Crippen molar-refractivity contribution in [2.45, 2.75) is 50.2 Å². The fraction of sp³-hybridized carbons (Fsp3) is 0.533. The van der Waals surface area contributed by atoms with Crippen LogP contribution in [0.5, 0.6) is 0 Å². The van der Waals surface area contributed by atoms with Crippen molar-refractivity contribution in [3.63, 3.8) is 0 Å². The maximum atomic E-state index is 12.1. The van der Waals surface area contributed by atoms with Gasteiger partial charge in [-0.2, -0.15) is 0 Å². The lowest BCUT2D eigenvalue weighted by atomic mass is 9.99. The molecule has 19 heavy (non-hydrogen) atoms. The van der Waals surface area contributed by atoms with E-state index in [1.807, 2.05) is 24.3 Å². The van der Waals surface area contributed by atoms with Gasteiger partial charge in [0.1, 0.15) is 0 Å². The molecule has 2 N–H and O–H groups in total. The van der Waals surface area contributed by atoms with E-state index in [9.17, 15) is 4.79 Å². The quantitative estimate of drug-likeness (QED) is 0.891. The zero-order valence-electron chi connectivity index (χ0n) is 10.9. The van der Waals surface area contributed by atoms with Gasteiger partial charge in [-0.15, -0.1) is 0 Å². The molecule has 0 aromatic heterocycles. The lowest BCUT2D eigenvalue weighted by Crippen LogP contribution is -2.48. The Morgan fingerprint density at radius 1 is 1.32 bits per heavy atom. The average Bonchev–Trinajstić information content (AvgIpc) is 2.68. The van der Waals surface area contributed by atoms with Crippen LogP contribution in [0.25, 0.3) is 0 Å². The van der Waals surface area contributed by atoms with Crippen molar-refractivity contribution in [2.24, 2.45) is 0 Å². The molecule has 0 saturated carbocycles. The highest BCUT2D eigenvalue weighted by atomic mass is 35.5. The Bertz CT molecular complexity index is 465. The van der Waals surface area contributed by atoms with Crippen LogP contribution in [0.1, 0.15) is 31.2 Å². The standard InChI is InChI=1S/C15H19ClN2O/c16-11-3-1-2-10(6-11)7-15(19)18-14-8-12-4-5-13(9-14)17-12/h1-3,6,12-14,17H,4-5,7-9H2,(H,18,19). The van der Waals surface area contributed by atoms with Crippen molar-refractivity contribution in [3.8, 4) is 0 Å². The zero-order valence-corrected chi connectivity index (χ0v) is 11.6. The minimum Gasteiger partial charge on any atom is -0.353 e. The molecule has 0 aliphatic carbocycles. The predicted molar refractivity (Wildman–Crippen MR) is 76.3 cm³/mol. The fourth-order valence-electron chi connectivity index (χ4n) is 3.29. The summed E-state index contributed by atoms with van der Waals surface area (Å²) in [5, 5.41) is 7.43. The van der Waals surface area contributed by atoms with Gasteiger partial charge in [0, 0.05) is 23.1 Å². The number of piperidine rings is 1. The van der Waals surface area contributed by atoms with Gasteiger partial charge >= 0.3 is 0 Å². The summed E-state index contributed by atoms with van der Waals surface area (Å²) in [4.78, 5) is 12.1. The molecule has 102 valence electrons. The second-order valence-corrected chi connectivity index (χ2v) is 6.12. The summed E-state index contributed by atoms with van der Waals surface area (Å²) in [6, 6.07) is 9.06. The highest BCUT2D eigenvalue weighted by Gasteiger charge is 2.33. The van der Waals surface area contributed by atoms with Crippen molar-refractivity contribution in [2.75, 3.05) is 0 Å². The van der Waals surface area contributed by atoms with Crippen molar-refractivity contribution < 1.29 is 4.79 Å². The smallest absolute Gasteiger partial charge is 0.224 e. The minimum atomic E-state index is 0.105. The number of rotatable bonds is 3. The second-order valence-electron chi connectivity index (χ2n) is 5.68. The van der Waals surface area contributed by atoms with E-state index in [0.717, 1.165) is 18.4 Å². The predicted octanol–water partition coefficient (Wildman–Crippen LogP) is 2.28. The van der Waals surface area contributed by atoms with Crippen LogP contribution in [0.15, 0.2) is 24.3 Å². The van der Waals surface area contributed by atoms with Crippen molar-refractivity contribution in [3.05, 3.63) is 34.9 Å². The Labute approximate surface area is 118 Å². The van der Waals surface area contributed by atoms with Crippen LogP contribution < -0.4 is 10.6 Å². The molecule has 1 aromatic rings. The molecule has 2 fully saturated rings. The van der Waals surface area contributed by atoms with Gasteiger partial charge in [-0.3, -0.25) is 4.79 Å². The number of carbonyl (C=O) groups is 1. The number of amides is 1. The number of fused-ring (bicyclic) bond motifs is 2. The topological polar surface area (TPSA) is 41.1 Å². The van der Waals surface area contributed by atoms with Gasteiger partial charge in [0.25, 0.3) is 0 Å². The summed E-state index contributed by atoms with van der Waals surface area (Å²) in [6.07, 6.45) is 5.06. The Hall–Kier alpha value is -1.06. The fourth-order valence-corrected chi connectivity index (χ4v) is 3.50. The Morgan fingerprint density at radius 3 is 2.74 bits per heavy atom. The molecule has 0 spiro atoms. The third-order valence-corrected chi connectivity index (χ3v) is 4.33. The Balaban J connectivity index is 1.54. The molecule has 2 saturated heterocycles. The number of halogens is 1. The van der Waals surface area contributed by atoms with Gasteiger partial charge in [-0.25, -0.2) is 0 Å².